The van der Waals surface area contributed by atoms with Crippen LogP contribution in [0.3, 0.4) is 0 Å². The molecule has 1 N–H and O–H groups in total. The summed E-state index contributed by atoms with van der Waals surface area (Å²) >= 11 is 0. The molecule has 1 atom stereocenters. The SMILES string of the molecule is CN(C(=O)CN1CCNCC1c1nccn1C)c1ccccc1.Cl. The summed E-state index contributed by atoms with van der Waals surface area (Å²) in [6, 6.07) is 9.87. The van der Waals surface area contributed by atoms with Crippen molar-refractivity contribution in [3.8, 4) is 0 Å². The molecule has 1 aliphatic rings. The van der Waals surface area contributed by atoms with Gasteiger partial charge in [-0.15, -0.1) is 12.4 Å². The number of imidazole rings is 1. The van der Waals surface area contributed by atoms with E-state index in [1.807, 2.05) is 55.2 Å². The van der Waals surface area contributed by atoms with E-state index in [2.05, 4.69) is 15.2 Å². The molecular formula is C17H24ClN5O. The number of nitrogens with one attached hydrogen (secondary N) is 1. The molecule has 0 bridgehead atoms. The highest BCUT2D eigenvalue weighted by molar-refractivity contribution is 5.94. The number of aromatic nitrogens is 2. The summed E-state index contributed by atoms with van der Waals surface area (Å²) in [5, 5.41) is 3.39. The fourth-order valence-electron chi connectivity index (χ4n) is 2.96. The lowest BCUT2D eigenvalue weighted by atomic mass is 10.1. The zero-order chi connectivity index (χ0) is 16.2. The molecule has 7 heteroatoms. The van der Waals surface area contributed by atoms with Crippen LogP contribution in [0.1, 0.15) is 11.9 Å². The quantitative estimate of drug-likeness (QED) is 0.907. The van der Waals surface area contributed by atoms with Crippen LogP contribution in [0.15, 0.2) is 42.7 Å². The molecule has 6 nitrogen and oxygen atoms in total. The third-order valence-electron chi connectivity index (χ3n) is 4.37. The van der Waals surface area contributed by atoms with Gasteiger partial charge >= 0.3 is 0 Å². The molecule has 0 saturated carbocycles. The predicted molar refractivity (Wildman–Crippen MR) is 97.5 cm³/mol. The maximum Gasteiger partial charge on any atom is 0.240 e. The Hall–Kier alpha value is -1.89. The number of likely N-dealkylation sites (N-methyl/N-ethyl adjacent to an activating group) is 1. The number of carbonyl (C=O) groups is 1. The van der Waals surface area contributed by atoms with E-state index in [4.69, 9.17) is 0 Å². The van der Waals surface area contributed by atoms with Gasteiger partial charge in [-0.2, -0.15) is 0 Å². The first-order valence-electron chi connectivity index (χ1n) is 7.90. The van der Waals surface area contributed by atoms with E-state index in [9.17, 15) is 4.79 Å². The Morgan fingerprint density at radius 3 is 2.79 bits per heavy atom. The number of anilines is 1. The predicted octanol–water partition coefficient (Wildman–Crippen LogP) is 1.45. The molecule has 2 aromatic rings. The normalized spacial score (nSPS) is 18.0. The van der Waals surface area contributed by atoms with Gasteiger partial charge < -0.3 is 14.8 Å². The first kappa shape index (κ1) is 18.4. The highest BCUT2D eigenvalue weighted by atomic mass is 35.5. The smallest absolute Gasteiger partial charge is 0.240 e. The van der Waals surface area contributed by atoms with Crippen molar-refractivity contribution in [2.45, 2.75) is 6.04 Å². The molecule has 1 fully saturated rings. The number of para-hydroxylation sites is 1. The van der Waals surface area contributed by atoms with E-state index >= 15 is 0 Å². The van der Waals surface area contributed by atoms with Gasteiger partial charge in [0.2, 0.25) is 5.91 Å². The number of hydrogen-bond donors (Lipinski definition) is 1. The second kappa shape index (κ2) is 8.28. The zero-order valence-corrected chi connectivity index (χ0v) is 14.9. The average molecular weight is 350 g/mol. The van der Waals surface area contributed by atoms with Gasteiger partial charge in [-0.25, -0.2) is 4.98 Å². The highest BCUT2D eigenvalue weighted by Gasteiger charge is 2.29. The van der Waals surface area contributed by atoms with E-state index in [1.165, 1.54) is 0 Å². The van der Waals surface area contributed by atoms with Crippen molar-refractivity contribution in [2.24, 2.45) is 7.05 Å². The number of rotatable bonds is 4. The fourth-order valence-corrected chi connectivity index (χ4v) is 2.96. The van der Waals surface area contributed by atoms with Crippen molar-refractivity contribution in [2.75, 3.05) is 38.1 Å². The Morgan fingerprint density at radius 2 is 2.12 bits per heavy atom. The Balaban J connectivity index is 0.00000208. The lowest BCUT2D eigenvalue weighted by molar-refractivity contribution is -0.120. The van der Waals surface area contributed by atoms with Crippen molar-refractivity contribution in [3.05, 3.63) is 48.5 Å². The van der Waals surface area contributed by atoms with Gasteiger partial charge in [-0.05, 0) is 12.1 Å². The number of benzene rings is 1. The van der Waals surface area contributed by atoms with Crippen molar-refractivity contribution >= 4 is 24.0 Å². The lowest BCUT2D eigenvalue weighted by Gasteiger charge is -2.36. The molecule has 130 valence electrons. The molecule has 0 spiro atoms. The van der Waals surface area contributed by atoms with Crippen LogP contribution < -0.4 is 10.2 Å². The minimum absolute atomic E-state index is 0. The van der Waals surface area contributed by atoms with Crippen LogP contribution in [0.5, 0.6) is 0 Å². The third kappa shape index (κ3) is 3.95. The zero-order valence-electron chi connectivity index (χ0n) is 14.1. The second-order valence-electron chi connectivity index (χ2n) is 5.88. The molecule has 1 aromatic heterocycles. The molecule has 3 rings (SSSR count). The number of hydrogen-bond acceptors (Lipinski definition) is 4. The molecule has 1 amide bonds. The monoisotopic (exact) mass is 349 g/mol. The molecule has 2 heterocycles. The standard InChI is InChI=1S/C17H23N5O.ClH/c1-20-10-9-19-17(20)15-12-18-8-11-22(15)13-16(23)21(2)14-6-4-3-5-7-14;/h3-7,9-10,15,18H,8,11-13H2,1-2H3;1H. The van der Waals surface area contributed by atoms with Crippen LogP contribution in [0.2, 0.25) is 0 Å². The van der Waals surface area contributed by atoms with Gasteiger partial charge in [-0.3, -0.25) is 9.69 Å². The van der Waals surface area contributed by atoms with Gasteiger partial charge in [0.25, 0.3) is 0 Å². The van der Waals surface area contributed by atoms with E-state index in [1.54, 1.807) is 11.1 Å². The van der Waals surface area contributed by atoms with Crippen LogP contribution >= 0.6 is 12.4 Å². The summed E-state index contributed by atoms with van der Waals surface area (Å²) in [6.07, 6.45) is 3.75. The topological polar surface area (TPSA) is 53.4 Å². The first-order valence-corrected chi connectivity index (χ1v) is 7.90. The van der Waals surface area contributed by atoms with Crippen molar-refractivity contribution in [1.29, 1.82) is 0 Å². The molecule has 1 aromatic carbocycles. The number of aryl methyl sites for hydroxylation is 1. The number of halogens is 1. The molecule has 1 saturated heterocycles. The molecule has 1 unspecified atom stereocenters. The Kier molecular flexibility index (Phi) is 6.36. The van der Waals surface area contributed by atoms with Gasteiger partial charge in [0.15, 0.2) is 0 Å². The molecule has 0 radical (unpaired) electrons. The van der Waals surface area contributed by atoms with Crippen LogP contribution in [0.25, 0.3) is 0 Å². The summed E-state index contributed by atoms with van der Waals surface area (Å²) in [5.41, 5.74) is 0.918. The summed E-state index contributed by atoms with van der Waals surface area (Å²) in [7, 11) is 3.82. The largest absolute Gasteiger partial charge is 0.337 e. The maximum atomic E-state index is 12.6. The van der Waals surface area contributed by atoms with Crippen LogP contribution in [0, 0.1) is 0 Å². The molecule has 24 heavy (non-hydrogen) atoms. The van der Waals surface area contributed by atoms with E-state index in [0.717, 1.165) is 31.1 Å². The summed E-state index contributed by atoms with van der Waals surface area (Å²) < 4.78 is 2.02. The highest BCUT2D eigenvalue weighted by Crippen LogP contribution is 2.21. The summed E-state index contributed by atoms with van der Waals surface area (Å²) in [6.45, 7) is 2.94. The Labute approximate surface area is 148 Å². The molecule has 1 aliphatic heterocycles. The average Bonchev–Trinajstić information content (AvgIpc) is 3.01. The van der Waals surface area contributed by atoms with E-state index in [-0.39, 0.29) is 24.4 Å². The minimum Gasteiger partial charge on any atom is -0.337 e. The van der Waals surface area contributed by atoms with Gasteiger partial charge in [-0.1, -0.05) is 18.2 Å². The number of piperazine rings is 1. The third-order valence-corrected chi connectivity index (χ3v) is 4.37. The van der Waals surface area contributed by atoms with Crippen LogP contribution in [0.4, 0.5) is 5.69 Å². The maximum absolute atomic E-state index is 12.6. The van der Waals surface area contributed by atoms with Gasteiger partial charge in [0, 0.05) is 51.8 Å². The van der Waals surface area contributed by atoms with Crippen molar-refractivity contribution in [3.63, 3.8) is 0 Å². The van der Waals surface area contributed by atoms with Crippen molar-refractivity contribution in [1.82, 2.24) is 19.8 Å². The van der Waals surface area contributed by atoms with E-state index < -0.39 is 0 Å². The molecular weight excluding hydrogens is 326 g/mol. The van der Waals surface area contributed by atoms with Crippen LogP contribution in [-0.4, -0.2) is 53.6 Å². The number of nitrogens with zero attached hydrogens (tertiary/aromatic N) is 4. The summed E-state index contributed by atoms with van der Waals surface area (Å²) in [5.74, 6) is 1.09. The van der Waals surface area contributed by atoms with E-state index in [0.29, 0.717) is 6.54 Å². The lowest BCUT2D eigenvalue weighted by Crippen LogP contribution is -2.50. The number of amides is 1. The molecule has 0 aliphatic carbocycles. The number of carbonyl (C=O) groups excluding carboxylic acids is 1. The Bertz CT molecular complexity index is 660. The first-order chi connectivity index (χ1) is 11.2. The minimum atomic E-state index is 0. The van der Waals surface area contributed by atoms with Gasteiger partial charge in [0.05, 0.1) is 12.6 Å². The van der Waals surface area contributed by atoms with Gasteiger partial charge in [0.1, 0.15) is 5.82 Å². The second-order valence-corrected chi connectivity index (χ2v) is 5.88. The van der Waals surface area contributed by atoms with Crippen molar-refractivity contribution < 1.29 is 4.79 Å². The summed E-state index contributed by atoms with van der Waals surface area (Å²) in [4.78, 5) is 21.0. The Morgan fingerprint density at radius 1 is 1.38 bits per heavy atom. The fraction of sp³-hybridized carbons (Fsp3) is 0.412. The van der Waals surface area contributed by atoms with Crippen LogP contribution in [-0.2, 0) is 11.8 Å².